The first-order valence-electron chi connectivity index (χ1n) is 10.9. The molecule has 1 atom stereocenters. The van der Waals surface area contributed by atoms with E-state index in [0.717, 1.165) is 36.3 Å². The lowest BCUT2D eigenvalue weighted by molar-refractivity contribution is -0.121. The number of rotatable bonds is 8. The molecule has 0 saturated carbocycles. The molecule has 8 nitrogen and oxygen atoms in total. The van der Waals surface area contributed by atoms with Crippen LogP contribution in [0.3, 0.4) is 0 Å². The summed E-state index contributed by atoms with van der Waals surface area (Å²) in [6.07, 6.45) is 4.59. The van der Waals surface area contributed by atoms with Gasteiger partial charge in [0, 0.05) is 36.1 Å². The fourth-order valence-electron chi connectivity index (χ4n) is 3.52. The van der Waals surface area contributed by atoms with Crippen LogP contribution in [0.4, 0.5) is 5.82 Å². The Labute approximate surface area is 184 Å². The number of carbonyl (C=O) groups is 1. The topological polar surface area (TPSA) is 100 Å². The Balaban J connectivity index is 1.86. The number of hydrogen-bond donors (Lipinski definition) is 2. The van der Waals surface area contributed by atoms with Crippen molar-refractivity contribution in [2.45, 2.75) is 65.0 Å². The maximum atomic E-state index is 12.4. The van der Waals surface area contributed by atoms with Gasteiger partial charge in [0.2, 0.25) is 5.91 Å². The molecule has 0 radical (unpaired) electrons. The number of aryl methyl sites for hydroxylation is 1. The van der Waals surface area contributed by atoms with Crippen LogP contribution in [0.2, 0.25) is 0 Å². The second-order valence-electron chi connectivity index (χ2n) is 9.05. The SMILES string of the molecule is CC[C@H](O)COc1ccnc(-c2nc3c(c(N(C)CC(=O)NC(C)(C)C)n2)CCC3)c1. The second-order valence-corrected chi connectivity index (χ2v) is 9.05. The van der Waals surface area contributed by atoms with Crippen LogP contribution in [0.5, 0.6) is 5.75 Å². The monoisotopic (exact) mass is 427 g/mol. The maximum absolute atomic E-state index is 12.4. The maximum Gasteiger partial charge on any atom is 0.239 e. The van der Waals surface area contributed by atoms with Crippen molar-refractivity contribution in [2.24, 2.45) is 0 Å². The minimum atomic E-state index is -0.507. The van der Waals surface area contributed by atoms with Gasteiger partial charge in [0.25, 0.3) is 0 Å². The van der Waals surface area contributed by atoms with Gasteiger partial charge in [0.1, 0.15) is 23.9 Å². The number of aliphatic hydroxyl groups is 1. The number of aromatic nitrogens is 3. The Kier molecular flexibility index (Phi) is 7.10. The first-order valence-corrected chi connectivity index (χ1v) is 10.9. The Bertz CT molecular complexity index is 926. The molecule has 1 aliphatic rings. The molecule has 2 N–H and O–H groups in total. The van der Waals surface area contributed by atoms with Crippen LogP contribution in [-0.2, 0) is 17.6 Å². The van der Waals surface area contributed by atoms with Crippen LogP contribution in [0.15, 0.2) is 18.3 Å². The summed E-state index contributed by atoms with van der Waals surface area (Å²) in [5.74, 6) is 1.85. The molecule has 0 aromatic carbocycles. The van der Waals surface area contributed by atoms with Gasteiger partial charge in [-0.1, -0.05) is 6.92 Å². The normalized spacial score (nSPS) is 14.1. The summed E-state index contributed by atoms with van der Waals surface area (Å²) in [7, 11) is 1.88. The van der Waals surface area contributed by atoms with E-state index in [1.807, 2.05) is 39.6 Å². The molecule has 1 aliphatic carbocycles. The molecule has 3 rings (SSSR count). The zero-order chi connectivity index (χ0) is 22.6. The quantitative estimate of drug-likeness (QED) is 0.668. The van der Waals surface area contributed by atoms with Gasteiger partial charge in [-0.3, -0.25) is 9.78 Å². The number of nitrogens with zero attached hydrogens (tertiary/aromatic N) is 4. The zero-order valence-corrected chi connectivity index (χ0v) is 19.1. The highest BCUT2D eigenvalue weighted by Gasteiger charge is 2.24. The van der Waals surface area contributed by atoms with Gasteiger partial charge in [-0.05, 0) is 52.5 Å². The van der Waals surface area contributed by atoms with Crippen LogP contribution in [0.25, 0.3) is 11.5 Å². The van der Waals surface area contributed by atoms with Crippen LogP contribution in [0, 0.1) is 0 Å². The third-order valence-corrected chi connectivity index (χ3v) is 5.04. The minimum Gasteiger partial charge on any atom is -0.491 e. The number of ether oxygens (including phenoxy) is 1. The molecule has 0 bridgehead atoms. The summed E-state index contributed by atoms with van der Waals surface area (Å²) in [5, 5.41) is 12.7. The number of anilines is 1. The van der Waals surface area contributed by atoms with E-state index in [1.54, 1.807) is 18.3 Å². The molecule has 2 aromatic heterocycles. The molecular weight excluding hydrogens is 394 g/mol. The van der Waals surface area contributed by atoms with Gasteiger partial charge in [0.15, 0.2) is 5.82 Å². The molecule has 0 spiro atoms. The Morgan fingerprint density at radius 2 is 2.10 bits per heavy atom. The third-order valence-electron chi connectivity index (χ3n) is 5.04. The lowest BCUT2D eigenvalue weighted by Gasteiger charge is -2.25. The minimum absolute atomic E-state index is 0.0510. The number of likely N-dealkylation sites (N-methyl/N-ethyl adjacent to an activating group) is 1. The number of nitrogens with one attached hydrogen (secondary N) is 1. The van der Waals surface area contributed by atoms with E-state index in [1.165, 1.54) is 0 Å². The van der Waals surface area contributed by atoms with Crippen molar-refractivity contribution >= 4 is 11.7 Å². The van der Waals surface area contributed by atoms with Gasteiger partial charge in [-0.15, -0.1) is 0 Å². The second kappa shape index (κ2) is 9.60. The Morgan fingerprint density at radius 1 is 1.32 bits per heavy atom. The number of carbonyl (C=O) groups excluding carboxylic acids is 1. The van der Waals surface area contributed by atoms with Crippen molar-refractivity contribution in [3.8, 4) is 17.3 Å². The molecule has 0 fully saturated rings. The molecule has 0 saturated heterocycles. The van der Waals surface area contributed by atoms with Gasteiger partial charge in [-0.2, -0.15) is 0 Å². The van der Waals surface area contributed by atoms with Crippen LogP contribution in [0.1, 0.15) is 51.8 Å². The van der Waals surface area contributed by atoms with Crippen LogP contribution in [-0.4, -0.2) is 57.8 Å². The van der Waals surface area contributed by atoms with E-state index in [9.17, 15) is 9.90 Å². The average Bonchev–Trinajstić information content (AvgIpc) is 3.18. The molecule has 168 valence electrons. The third kappa shape index (κ3) is 6.13. The van der Waals surface area contributed by atoms with Crippen molar-refractivity contribution in [3.63, 3.8) is 0 Å². The first-order chi connectivity index (χ1) is 14.7. The molecule has 0 aliphatic heterocycles. The zero-order valence-electron chi connectivity index (χ0n) is 19.1. The molecule has 31 heavy (non-hydrogen) atoms. The van der Waals surface area contributed by atoms with Crippen molar-refractivity contribution in [2.75, 3.05) is 25.1 Å². The van der Waals surface area contributed by atoms with Gasteiger partial charge < -0.3 is 20.1 Å². The highest BCUT2D eigenvalue weighted by molar-refractivity contribution is 5.82. The summed E-state index contributed by atoms with van der Waals surface area (Å²) in [4.78, 5) is 28.3. The molecule has 8 heteroatoms. The highest BCUT2D eigenvalue weighted by Crippen LogP contribution is 2.31. The first kappa shape index (κ1) is 22.9. The summed E-state index contributed by atoms with van der Waals surface area (Å²) in [5.41, 5.74) is 2.43. The standard InChI is InChI=1S/C23H33N5O3/c1-6-15(29)14-31-16-10-11-24-19(12-16)21-25-18-9-7-8-17(18)22(26-21)28(5)13-20(30)27-23(2,3)4/h10-12,15,29H,6-9,13-14H2,1-5H3,(H,27,30)/t15-/m0/s1. The lowest BCUT2D eigenvalue weighted by Crippen LogP contribution is -2.45. The van der Waals surface area contributed by atoms with Crippen LogP contribution >= 0.6 is 0 Å². The van der Waals surface area contributed by atoms with Crippen molar-refractivity contribution in [1.82, 2.24) is 20.3 Å². The van der Waals surface area contributed by atoms with Crippen LogP contribution < -0.4 is 15.0 Å². The number of aliphatic hydroxyl groups excluding tert-OH is 1. The lowest BCUT2D eigenvalue weighted by atomic mass is 10.1. The summed E-state index contributed by atoms with van der Waals surface area (Å²) >= 11 is 0. The number of pyridine rings is 1. The Morgan fingerprint density at radius 3 is 2.81 bits per heavy atom. The average molecular weight is 428 g/mol. The highest BCUT2D eigenvalue weighted by atomic mass is 16.5. The van der Waals surface area contributed by atoms with E-state index in [0.29, 0.717) is 23.7 Å². The van der Waals surface area contributed by atoms with E-state index in [4.69, 9.17) is 14.7 Å². The predicted molar refractivity (Wildman–Crippen MR) is 120 cm³/mol. The molecule has 2 heterocycles. The predicted octanol–water partition coefficient (Wildman–Crippen LogP) is 2.53. The van der Waals surface area contributed by atoms with Gasteiger partial charge in [0.05, 0.1) is 12.6 Å². The fraction of sp³-hybridized carbons (Fsp3) is 0.565. The number of fused-ring (bicyclic) bond motifs is 1. The molecule has 2 aromatic rings. The number of hydrogen-bond acceptors (Lipinski definition) is 7. The van der Waals surface area contributed by atoms with E-state index in [-0.39, 0.29) is 24.6 Å². The largest absolute Gasteiger partial charge is 0.491 e. The molecule has 1 amide bonds. The number of amides is 1. The van der Waals surface area contributed by atoms with Gasteiger partial charge >= 0.3 is 0 Å². The van der Waals surface area contributed by atoms with Crippen molar-refractivity contribution < 1.29 is 14.6 Å². The van der Waals surface area contributed by atoms with E-state index >= 15 is 0 Å². The van der Waals surface area contributed by atoms with Gasteiger partial charge in [-0.25, -0.2) is 9.97 Å². The van der Waals surface area contributed by atoms with Crippen molar-refractivity contribution in [1.29, 1.82) is 0 Å². The van der Waals surface area contributed by atoms with E-state index < -0.39 is 6.10 Å². The summed E-state index contributed by atoms with van der Waals surface area (Å²) in [6, 6.07) is 3.54. The van der Waals surface area contributed by atoms with Crippen molar-refractivity contribution in [3.05, 3.63) is 29.6 Å². The van der Waals surface area contributed by atoms with E-state index in [2.05, 4.69) is 10.3 Å². The summed E-state index contributed by atoms with van der Waals surface area (Å²) in [6.45, 7) is 8.24. The summed E-state index contributed by atoms with van der Waals surface area (Å²) < 4.78 is 5.68. The smallest absolute Gasteiger partial charge is 0.239 e. The fourth-order valence-corrected chi connectivity index (χ4v) is 3.52. The Hall–Kier alpha value is -2.74. The molecular formula is C23H33N5O3. The molecule has 0 unspecified atom stereocenters.